The molecule has 5 nitrogen and oxygen atoms in total. The van der Waals surface area contributed by atoms with Crippen molar-refractivity contribution >= 4 is 14.4 Å². The van der Waals surface area contributed by atoms with Crippen molar-refractivity contribution in [3.63, 3.8) is 0 Å². The van der Waals surface area contributed by atoms with E-state index in [2.05, 4.69) is 0 Å². The molecule has 0 bridgehead atoms. The van der Waals surface area contributed by atoms with Crippen LogP contribution in [0.25, 0.3) is 0 Å². The summed E-state index contributed by atoms with van der Waals surface area (Å²) in [6.45, 7) is 1.72. The van der Waals surface area contributed by atoms with Gasteiger partial charge in [-0.05, 0) is 6.42 Å². The van der Waals surface area contributed by atoms with Gasteiger partial charge in [0.25, 0.3) is 5.34 Å². The average Bonchev–Trinajstić information content (AvgIpc) is 2.04. The van der Waals surface area contributed by atoms with Gasteiger partial charge in [0.2, 0.25) is 8.46 Å². The van der Waals surface area contributed by atoms with Gasteiger partial charge in [0, 0.05) is 6.61 Å². The highest BCUT2D eigenvalue weighted by Gasteiger charge is 2.37. The van der Waals surface area contributed by atoms with Gasteiger partial charge in [-0.1, -0.05) is 6.92 Å². The SMILES string of the molecule is CCCOCC(O)(P=O)C(=O)O. The summed E-state index contributed by atoms with van der Waals surface area (Å²) < 4.78 is 15.0. The number of carboxylic acids is 1. The molecule has 0 spiro atoms. The maximum absolute atomic E-state index is 10.3. The first kappa shape index (κ1) is 11.5. The number of ether oxygens (including phenoxy) is 1. The molecule has 0 aliphatic heterocycles. The van der Waals surface area contributed by atoms with Gasteiger partial charge in [-0.25, -0.2) is 4.79 Å². The number of rotatable bonds is 6. The highest BCUT2D eigenvalue weighted by molar-refractivity contribution is 7.27. The van der Waals surface area contributed by atoms with E-state index in [1.165, 1.54) is 0 Å². The van der Waals surface area contributed by atoms with Crippen LogP contribution in [0.1, 0.15) is 13.3 Å². The Morgan fingerprint density at radius 3 is 2.58 bits per heavy atom. The van der Waals surface area contributed by atoms with E-state index in [0.717, 1.165) is 0 Å². The van der Waals surface area contributed by atoms with Crippen LogP contribution in [0.4, 0.5) is 0 Å². The van der Waals surface area contributed by atoms with Crippen molar-refractivity contribution in [3.05, 3.63) is 0 Å². The third kappa shape index (κ3) is 3.26. The maximum atomic E-state index is 10.3. The highest BCUT2D eigenvalue weighted by Crippen LogP contribution is 2.20. The fraction of sp³-hybridized carbons (Fsp3) is 0.833. The van der Waals surface area contributed by atoms with Crippen LogP contribution in [0.15, 0.2) is 0 Å². The van der Waals surface area contributed by atoms with E-state index < -0.39 is 26.4 Å². The Bertz CT molecular complexity index is 171. The number of aliphatic hydroxyl groups is 1. The summed E-state index contributed by atoms with van der Waals surface area (Å²) in [6.07, 6.45) is 0.714. The molecule has 0 heterocycles. The minimum atomic E-state index is -2.30. The van der Waals surface area contributed by atoms with Gasteiger partial charge in [0.1, 0.15) is 0 Å². The first-order valence-corrected chi connectivity index (χ1v) is 4.26. The molecule has 0 saturated carbocycles. The van der Waals surface area contributed by atoms with Crippen LogP contribution in [0.5, 0.6) is 0 Å². The van der Waals surface area contributed by atoms with Gasteiger partial charge in [0.15, 0.2) is 0 Å². The second-order valence-electron chi connectivity index (χ2n) is 2.27. The summed E-state index contributed by atoms with van der Waals surface area (Å²) in [4.78, 5) is 10.3. The smallest absolute Gasteiger partial charge is 0.350 e. The number of aliphatic carboxylic acids is 1. The van der Waals surface area contributed by atoms with E-state index in [9.17, 15) is 9.36 Å². The summed E-state index contributed by atoms with van der Waals surface area (Å²) in [7, 11) is -0.857. The van der Waals surface area contributed by atoms with E-state index in [0.29, 0.717) is 13.0 Å². The number of carbonyl (C=O) groups is 1. The van der Waals surface area contributed by atoms with Crippen LogP contribution < -0.4 is 0 Å². The van der Waals surface area contributed by atoms with Gasteiger partial charge in [-0.15, -0.1) is 0 Å². The lowest BCUT2D eigenvalue weighted by Crippen LogP contribution is -2.37. The summed E-state index contributed by atoms with van der Waals surface area (Å²) >= 11 is 0. The lowest BCUT2D eigenvalue weighted by atomic mass is 10.4. The lowest BCUT2D eigenvalue weighted by Gasteiger charge is -2.14. The molecule has 0 aliphatic rings. The Morgan fingerprint density at radius 1 is 1.67 bits per heavy atom. The fourth-order valence-electron chi connectivity index (χ4n) is 0.486. The molecule has 0 aliphatic carbocycles. The molecular weight excluding hydrogens is 183 g/mol. The second-order valence-corrected chi connectivity index (χ2v) is 3.19. The summed E-state index contributed by atoms with van der Waals surface area (Å²) in [5.74, 6) is -1.55. The van der Waals surface area contributed by atoms with Gasteiger partial charge in [-0.2, -0.15) is 0 Å². The Kier molecular flexibility index (Phi) is 4.97. The molecule has 0 fully saturated rings. The molecule has 0 aromatic rings. The number of hydrogen-bond donors (Lipinski definition) is 2. The van der Waals surface area contributed by atoms with Crippen molar-refractivity contribution in [2.24, 2.45) is 0 Å². The Labute approximate surface area is 71.5 Å². The molecule has 0 radical (unpaired) electrons. The zero-order valence-corrected chi connectivity index (χ0v) is 7.58. The minimum absolute atomic E-state index is 0.338. The zero-order valence-electron chi connectivity index (χ0n) is 6.69. The van der Waals surface area contributed by atoms with Crippen molar-refractivity contribution in [1.29, 1.82) is 0 Å². The lowest BCUT2D eigenvalue weighted by molar-refractivity contribution is -0.154. The standard InChI is InChI=1S/C6H11O5P/c1-2-3-11-4-6(9,12-10)5(7)8/h9H,2-4H2,1H3,(H,7,8). The molecule has 0 aromatic heterocycles. The van der Waals surface area contributed by atoms with E-state index in [-0.39, 0.29) is 0 Å². The van der Waals surface area contributed by atoms with Crippen LogP contribution in [0.3, 0.4) is 0 Å². The zero-order chi connectivity index (χ0) is 9.61. The third-order valence-electron chi connectivity index (χ3n) is 1.15. The molecule has 2 N–H and O–H groups in total. The Morgan fingerprint density at radius 2 is 2.25 bits per heavy atom. The quantitative estimate of drug-likeness (QED) is 0.474. The maximum Gasteiger partial charge on any atom is 0.350 e. The van der Waals surface area contributed by atoms with Crippen LogP contribution in [-0.4, -0.2) is 34.7 Å². The number of carboxylic acid groups (broad SMARTS) is 1. The van der Waals surface area contributed by atoms with Gasteiger partial charge in [0.05, 0.1) is 6.61 Å². The van der Waals surface area contributed by atoms with Crippen LogP contribution >= 0.6 is 8.46 Å². The molecule has 1 atom stereocenters. The molecule has 12 heavy (non-hydrogen) atoms. The normalized spacial score (nSPS) is 15.8. The highest BCUT2D eigenvalue weighted by atomic mass is 31.1. The largest absolute Gasteiger partial charge is 0.478 e. The van der Waals surface area contributed by atoms with E-state index in [1.54, 1.807) is 0 Å². The topological polar surface area (TPSA) is 83.8 Å². The van der Waals surface area contributed by atoms with Crippen molar-refractivity contribution in [2.75, 3.05) is 13.2 Å². The predicted molar refractivity (Wildman–Crippen MR) is 41.3 cm³/mol. The van der Waals surface area contributed by atoms with E-state index >= 15 is 0 Å². The Hall–Kier alpha value is -0.510. The van der Waals surface area contributed by atoms with Crippen molar-refractivity contribution in [2.45, 2.75) is 18.7 Å². The average molecular weight is 194 g/mol. The van der Waals surface area contributed by atoms with Gasteiger partial charge in [-0.3, -0.25) is 4.57 Å². The molecule has 0 saturated heterocycles. The monoisotopic (exact) mass is 194 g/mol. The van der Waals surface area contributed by atoms with E-state index in [4.69, 9.17) is 14.9 Å². The van der Waals surface area contributed by atoms with Gasteiger partial charge < -0.3 is 14.9 Å². The molecule has 1 unspecified atom stereocenters. The first-order valence-electron chi connectivity index (χ1n) is 3.45. The van der Waals surface area contributed by atoms with Gasteiger partial charge >= 0.3 is 5.97 Å². The van der Waals surface area contributed by atoms with Crippen molar-refractivity contribution < 1.29 is 24.3 Å². The van der Waals surface area contributed by atoms with Crippen LogP contribution in [0, 0.1) is 0 Å². The number of hydrogen-bond acceptors (Lipinski definition) is 4. The second kappa shape index (κ2) is 5.19. The third-order valence-corrected chi connectivity index (χ3v) is 1.77. The molecule has 0 aromatic carbocycles. The van der Waals surface area contributed by atoms with Crippen molar-refractivity contribution in [3.8, 4) is 0 Å². The molecular formula is C6H11O5P. The first-order chi connectivity index (χ1) is 5.56. The summed E-state index contributed by atoms with van der Waals surface area (Å²) in [5.41, 5.74) is 0. The van der Waals surface area contributed by atoms with Crippen molar-refractivity contribution in [1.82, 2.24) is 0 Å². The van der Waals surface area contributed by atoms with E-state index in [1.807, 2.05) is 6.92 Å². The minimum Gasteiger partial charge on any atom is -0.478 e. The van der Waals surface area contributed by atoms with Crippen LogP contribution in [-0.2, 0) is 14.1 Å². The Balaban J connectivity index is 3.97. The molecule has 0 rings (SSSR count). The van der Waals surface area contributed by atoms with Crippen LogP contribution in [0.2, 0.25) is 0 Å². The summed E-state index contributed by atoms with van der Waals surface area (Å²) in [5, 5.41) is 15.2. The fourth-order valence-corrected chi connectivity index (χ4v) is 0.708. The molecule has 0 amide bonds. The predicted octanol–water partition coefficient (Wildman–Crippen LogP) is 0.478. The molecule has 6 heteroatoms. The summed E-state index contributed by atoms with van der Waals surface area (Å²) in [6, 6.07) is 0. The molecule has 70 valence electrons.